The fourth-order valence-corrected chi connectivity index (χ4v) is 3.92. The van der Waals surface area contributed by atoms with Gasteiger partial charge in [0.15, 0.2) is 0 Å². The fraction of sp³-hybridized carbons (Fsp3) is 1.00. The van der Waals surface area contributed by atoms with Crippen LogP contribution in [0.2, 0.25) is 0 Å². The first-order valence-electron chi connectivity index (χ1n) is 7.54. The van der Waals surface area contributed by atoms with Crippen molar-refractivity contribution in [3.05, 3.63) is 0 Å². The van der Waals surface area contributed by atoms with Gasteiger partial charge in [-0.05, 0) is 50.0 Å². The molecule has 2 aliphatic carbocycles. The highest BCUT2D eigenvalue weighted by Gasteiger charge is 2.32. The summed E-state index contributed by atoms with van der Waals surface area (Å²) in [6.45, 7) is 5.86. The molecule has 1 unspecified atom stereocenters. The van der Waals surface area contributed by atoms with E-state index in [0.717, 1.165) is 30.3 Å². The highest BCUT2D eigenvalue weighted by Crippen LogP contribution is 2.37. The maximum absolute atomic E-state index is 3.81. The molecule has 2 aliphatic rings. The van der Waals surface area contributed by atoms with Gasteiger partial charge >= 0.3 is 0 Å². The summed E-state index contributed by atoms with van der Waals surface area (Å²) < 4.78 is 0. The van der Waals surface area contributed by atoms with E-state index in [1.165, 1.54) is 51.4 Å². The van der Waals surface area contributed by atoms with E-state index in [1.807, 2.05) is 0 Å². The number of hydrogen-bond donors (Lipinski definition) is 1. The van der Waals surface area contributed by atoms with E-state index in [1.54, 1.807) is 0 Å². The van der Waals surface area contributed by atoms with Crippen LogP contribution in [0, 0.1) is 17.8 Å². The highest BCUT2D eigenvalue weighted by atomic mass is 14.9. The fourth-order valence-electron chi connectivity index (χ4n) is 3.92. The minimum absolute atomic E-state index is 0.847. The molecule has 16 heavy (non-hydrogen) atoms. The zero-order chi connectivity index (χ0) is 11.4. The zero-order valence-electron chi connectivity index (χ0n) is 11.2. The second kappa shape index (κ2) is 6.05. The maximum atomic E-state index is 3.81. The first-order chi connectivity index (χ1) is 7.81. The topological polar surface area (TPSA) is 12.0 Å². The SMILES string of the molecule is CCNC(C1CCCC1)C1CCC(C)CC1. The summed E-state index contributed by atoms with van der Waals surface area (Å²) >= 11 is 0. The summed E-state index contributed by atoms with van der Waals surface area (Å²) in [5.74, 6) is 2.97. The summed E-state index contributed by atoms with van der Waals surface area (Å²) in [6.07, 6.45) is 11.8. The van der Waals surface area contributed by atoms with Gasteiger partial charge in [0.05, 0.1) is 0 Å². The van der Waals surface area contributed by atoms with Crippen LogP contribution in [0.4, 0.5) is 0 Å². The lowest BCUT2D eigenvalue weighted by Crippen LogP contribution is -2.42. The zero-order valence-corrected chi connectivity index (χ0v) is 11.2. The van der Waals surface area contributed by atoms with Gasteiger partial charge in [-0.1, -0.05) is 39.5 Å². The molecule has 0 spiro atoms. The van der Waals surface area contributed by atoms with E-state index in [9.17, 15) is 0 Å². The van der Waals surface area contributed by atoms with Crippen LogP contribution in [0.1, 0.15) is 65.2 Å². The summed E-state index contributed by atoms with van der Waals surface area (Å²) in [5.41, 5.74) is 0. The average molecular weight is 223 g/mol. The van der Waals surface area contributed by atoms with Gasteiger partial charge in [0, 0.05) is 6.04 Å². The van der Waals surface area contributed by atoms with Crippen LogP contribution in [0.15, 0.2) is 0 Å². The van der Waals surface area contributed by atoms with Crippen LogP contribution in [-0.2, 0) is 0 Å². The van der Waals surface area contributed by atoms with Gasteiger partial charge in [0.2, 0.25) is 0 Å². The quantitative estimate of drug-likeness (QED) is 0.760. The van der Waals surface area contributed by atoms with E-state index in [-0.39, 0.29) is 0 Å². The van der Waals surface area contributed by atoms with Crippen molar-refractivity contribution >= 4 is 0 Å². The number of rotatable bonds is 4. The lowest BCUT2D eigenvalue weighted by Gasteiger charge is -2.36. The van der Waals surface area contributed by atoms with Crippen LogP contribution >= 0.6 is 0 Å². The molecule has 0 aromatic rings. The van der Waals surface area contributed by atoms with E-state index in [0.29, 0.717) is 0 Å². The Kier molecular flexibility index (Phi) is 4.69. The minimum Gasteiger partial charge on any atom is -0.314 e. The highest BCUT2D eigenvalue weighted by molar-refractivity contribution is 4.88. The molecule has 0 radical (unpaired) electrons. The minimum atomic E-state index is 0.847. The second-order valence-electron chi connectivity index (χ2n) is 6.15. The Morgan fingerprint density at radius 1 is 0.938 bits per heavy atom. The predicted molar refractivity (Wildman–Crippen MR) is 70.5 cm³/mol. The average Bonchev–Trinajstić information content (AvgIpc) is 2.81. The van der Waals surface area contributed by atoms with Crippen molar-refractivity contribution in [3.8, 4) is 0 Å². The number of nitrogens with one attached hydrogen (secondary N) is 1. The van der Waals surface area contributed by atoms with Gasteiger partial charge in [0.25, 0.3) is 0 Å². The molecule has 0 aromatic carbocycles. The largest absolute Gasteiger partial charge is 0.314 e. The second-order valence-corrected chi connectivity index (χ2v) is 6.15. The monoisotopic (exact) mass is 223 g/mol. The van der Waals surface area contributed by atoms with E-state index >= 15 is 0 Å². The van der Waals surface area contributed by atoms with Crippen molar-refractivity contribution in [1.29, 1.82) is 0 Å². The molecular weight excluding hydrogens is 194 g/mol. The molecule has 0 aromatic heterocycles. The third-order valence-electron chi connectivity index (χ3n) is 4.92. The van der Waals surface area contributed by atoms with Crippen molar-refractivity contribution in [2.75, 3.05) is 6.54 Å². The van der Waals surface area contributed by atoms with Crippen LogP contribution in [0.5, 0.6) is 0 Å². The molecule has 0 saturated heterocycles. The third-order valence-corrected chi connectivity index (χ3v) is 4.92. The molecule has 1 N–H and O–H groups in total. The Morgan fingerprint density at radius 3 is 2.06 bits per heavy atom. The van der Waals surface area contributed by atoms with Gasteiger partial charge in [-0.3, -0.25) is 0 Å². The van der Waals surface area contributed by atoms with Crippen LogP contribution in [0.3, 0.4) is 0 Å². The number of hydrogen-bond acceptors (Lipinski definition) is 1. The van der Waals surface area contributed by atoms with Gasteiger partial charge in [-0.25, -0.2) is 0 Å². The molecule has 94 valence electrons. The molecule has 2 saturated carbocycles. The molecular formula is C15H29N. The van der Waals surface area contributed by atoms with E-state index in [2.05, 4.69) is 19.2 Å². The molecule has 2 fully saturated rings. The molecule has 1 heteroatoms. The van der Waals surface area contributed by atoms with E-state index in [4.69, 9.17) is 0 Å². The lowest BCUT2D eigenvalue weighted by molar-refractivity contribution is 0.185. The summed E-state index contributed by atoms with van der Waals surface area (Å²) in [4.78, 5) is 0. The summed E-state index contributed by atoms with van der Waals surface area (Å²) in [5, 5.41) is 3.81. The molecule has 0 heterocycles. The van der Waals surface area contributed by atoms with Crippen LogP contribution in [-0.4, -0.2) is 12.6 Å². The predicted octanol–water partition coefficient (Wildman–Crippen LogP) is 3.98. The van der Waals surface area contributed by atoms with Gasteiger partial charge < -0.3 is 5.32 Å². The summed E-state index contributed by atoms with van der Waals surface area (Å²) in [7, 11) is 0. The smallest absolute Gasteiger partial charge is 0.0123 e. The van der Waals surface area contributed by atoms with E-state index < -0.39 is 0 Å². The van der Waals surface area contributed by atoms with Gasteiger partial charge in [-0.15, -0.1) is 0 Å². The molecule has 0 bridgehead atoms. The van der Waals surface area contributed by atoms with Crippen molar-refractivity contribution in [3.63, 3.8) is 0 Å². The molecule has 2 rings (SSSR count). The molecule has 0 aliphatic heterocycles. The lowest BCUT2D eigenvalue weighted by atomic mass is 9.75. The Morgan fingerprint density at radius 2 is 1.50 bits per heavy atom. The third kappa shape index (κ3) is 3.00. The molecule has 1 nitrogen and oxygen atoms in total. The van der Waals surface area contributed by atoms with Crippen molar-refractivity contribution in [1.82, 2.24) is 5.32 Å². The Bertz CT molecular complexity index is 188. The van der Waals surface area contributed by atoms with Crippen LogP contribution in [0.25, 0.3) is 0 Å². The Balaban J connectivity index is 1.90. The summed E-state index contributed by atoms with van der Waals surface area (Å²) in [6, 6.07) is 0.847. The van der Waals surface area contributed by atoms with Crippen molar-refractivity contribution < 1.29 is 0 Å². The van der Waals surface area contributed by atoms with Crippen LogP contribution < -0.4 is 5.32 Å². The normalized spacial score (nSPS) is 34.1. The first kappa shape index (κ1) is 12.4. The first-order valence-corrected chi connectivity index (χ1v) is 7.54. The van der Waals surface area contributed by atoms with Gasteiger partial charge in [0.1, 0.15) is 0 Å². The van der Waals surface area contributed by atoms with Crippen molar-refractivity contribution in [2.24, 2.45) is 17.8 Å². The standard InChI is InChI=1S/C15H29N/c1-3-16-15(13-6-4-5-7-13)14-10-8-12(2)9-11-14/h12-16H,3-11H2,1-2H3. The maximum Gasteiger partial charge on any atom is 0.0123 e. The molecule has 0 amide bonds. The van der Waals surface area contributed by atoms with Gasteiger partial charge in [-0.2, -0.15) is 0 Å². The van der Waals surface area contributed by atoms with Crippen molar-refractivity contribution in [2.45, 2.75) is 71.3 Å². The Labute approximate surface area is 101 Å². The Hall–Kier alpha value is -0.0400. The molecule has 1 atom stereocenters.